The van der Waals surface area contributed by atoms with E-state index in [0.717, 1.165) is 25.7 Å². The third kappa shape index (κ3) is 3.15. The molecular formula is C15H20N2O4. The molecule has 0 heterocycles. The van der Waals surface area contributed by atoms with Crippen LogP contribution in [0.25, 0.3) is 0 Å². The first-order chi connectivity index (χ1) is 9.96. The molecule has 114 valence electrons. The first-order valence-corrected chi connectivity index (χ1v) is 7.22. The molecule has 0 bridgehead atoms. The van der Waals surface area contributed by atoms with Crippen LogP contribution in [0.3, 0.4) is 0 Å². The van der Waals surface area contributed by atoms with E-state index in [1.54, 1.807) is 25.1 Å². The number of carbonyl (C=O) groups is 1. The number of hydrogen-bond donors (Lipinski definition) is 2. The summed E-state index contributed by atoms with van der Waals surface area (Å²) in [7, 11) is 0. The number of nitrogens with one attached hydrogen (secondary N) is 1. The van der Waals surface area contributed by atoms with E-state index < -0.39 is 16.4 Å². The Hall–Kier alpha value is -2.11. The van der Waals surface area contributed by atoms with E-state index in [9.17, 15) is 20.0 Å². The highest BCUT2D eigenvalue weighted by Gasteiger charge is 2.40. The number of nitrogens with zero attached hydrogens (tertiary/aromatic N) is 1. The molecule has 1 saturated carbocycles. The summed E-state index contributed by atoms with van der Waals surface area (Å²) in [6.45, 7) is 1.66. The van der Waals surface area contributed by atoms with Crippen molar-refractivity contribution < 1.29 is 14.8 Å². The van der Waals surface area contributed by atoms with Crippen LogP contribution in [-0.4, -0.2) is 21.5 Å². The Kier molecular flexibility index (Phi) is 4.45. The lowest BCUT2D eigenvalue weighted by Gasteiger charge is -2.30. The topological polar surface area (TPSA) is 92.5 Å². The molecule has 0 saturated heterocycles. The first-order valence-electron chi connectivity index (χ1n) is 7.22. The summed E-state index contributed by atoms with van der Waals surface area (Å²) in [5.74, 6) is -0.930. The normalized spacial score (nSPS) is 17.8. The van der Waals surface area contributed by atoms with Crippen molar-refractivity contribution in [2.24, 2.45) is 0 Å². The van der Waals surface area contributed by atoms with Gasteiger partial charge < -0.3 is 10.4 Å². The predicted molar refractivity (Wildman–Crippen MR) is 79.5 cm³/mol. The fourth-order valence-corrected chi connectivity index (χ4v) is 2.98. The summed E-state index contributed by atoms with van der Waals surface area (Å²) in [5, 5.41) is 23.9. The van der Waals surface area contributed by atoms with Crippen LogP contribution in [0.5, 0.6) is 0 Å². The molecule has 0 aliphatic heterocycles. The number of rotatable bonds is 4. The predicted octanol–water partition coefficient (Wildman–Crippen LogP) is 3.49. The second kappa shape index (κ2) is 6.11. The maximum Gasteiger partial charge on any atom is 0.329 e. The van der Waals surface area contributed by atoms with Crippen molar-refractivity contribution in [3.05, 3.63) is 33.9 Å². The molecule has 6 nitrogen and oxygen atoms in total. The summed E-state index contributed by atoms with van der Waals surface area (Å²) in [6, 6.07) is 4.95. The number of carboxylic acids is 1. The number of para-hydroxylation sites is 1. The Balaban J connectivity index is 2.40. The lowest BCUT2D eigenvalue weighted by Crippen LogP contribution is -2.46. The van der Waals surface area contributed by atoms with Crippen LogP contribution in [0.1, 0.15) is 44.1 Å². The molecule has 0 aromatic heterocycles. The van der Waals surface area contributed by atoms with Crippen LogP contribution in [0.15, 0.2) is 18.2 Å². The molecule has 21 heavy (non-hydrogen) atoms. The molecule has 1 aromatic carbocycles. The van der Waals surface area contributed by atoms with Crippen LogP contribution in [0.4, 0.5) is 11.4 Å². The number of nitro groups is 1. The maximum absolute atomic E-state index is 11.8. The molecule has 1 aliphatic carbocycles. The number of benzene rings is 1. The third-order valence-corrected chi connectivity index (χ3v) is 4.16. The maximum atomic E-state index is 11.8. The van der Waals surface area contributed by atoms with E-state index in [0.29, 0.717) is 24.1 Å². The van der Waals surface area contributed by atoms with Gasteiger partial charge in [-0.1, -0.05) is 37.8 Å². The monoisotopic (exact) mass is 292 g/mol. The van der Waals surface area contributed by atoms with Crippen LogP contribution < -0.4 is 5.32 Å². The fraction of sp³-hybridized carbons (Fsp3) is 0.533. The number of carboxylic acid groups (broad SMARTS) is 1. The van der Waals surface area contributed by atoms with Gasteiger partial charge in [-0.3, -0.25) is 10.1 Å². The third-order valence-electron chi connectivity index (χ3n) is 4.16. The van der Waals surface area contributed by atoms with Gasteiger partial charge in [0.25, 0.3) is 5.69 Å². The van der Waals surface area contributed by atoms with Gasteiger partial charge in [-0.25, -0.2) is 4.79 Å². The van der Waals surface area contributed by atoms with Crippen molar-refractivity contribution in [1.29, 1.82) is 0 Å². The lowest BCUT2D eigenvalue weighted by atomic mass is 9.89. The highest BCUT2D eigenvalue weighted by Crippen LogP contribution is 2.35. The summed E-state index contributed by atoms with van der Waals surface area (Å²) < 4.78 is 0. The SMILES string of the molecule is Cc1cccc(NC2(C(=O)O)CCCCCC2)c1[N+](=O)[O-]. The molecule has 2 N–H and O–H groups in total. The molecular weight excluding hydrogens is 272 g/mol. The number of aliphatic carboxylic acids is 1. The Labute approximate surface area is 123 Å². The first kappa shape index (κ1) is 15.3. The van der Waals surface area contributed by atoms with Crippen LogP contribution in [-0.2, 0) is 4.79 Å². The molecule has 1 aliphatic rings. The molecule has 1 fully saturated rings. The zero-order chi connectivity index (χ0) is 15.5. The number of hydrogen-bond acceptors (Lipinski definition) is 4. The highest BCUT2D eigenvalue weighted by molar-refractivity contribution is 5.84. The zero-order valence-corrected chi connectivity index (χ0v) is 12.1. The molecule has 6 heteroatoms. The summed E-state index contributed by atoms with van der Waals surface area (Å²) in [4.78, 5) is 22.6. The number of anilines is 1. The van der Waals surface area contributed by atoms with Crippen molar-refractivity contribution in [3.8, 4) is 0 Å². The average Bonchev–Trinajstić information content (AvgIpc) is 2.65. The molecule has 0 radical (unpaired) electrons. The highest BCUT2D eigenvalue weighted by atomic mass is 16.6. The fourth-order valence-electron chi connectivity index (χ4n) is 2.98. The van der Waals surface area contributed by atoms with Gasteiger partial charge >= 0.3 is 5.97 Å². The molecule has 0 unspecified atom stereocenters. The summed E-state index contributed by atoms with van der Waals surface area (Å²) in [5.41, 5.74) is -0.319. The van der Waals surface area contributed by atoms with Gasteiger partial charge in [0, 0.05) is 5.56 Å². The molecule has 0 spiro atoms. The van der Waals surface area contributed by atoms with E-state index in [-0.39, 0.29) is 5.69 Å². The van der Waals surface area contributed by atoms with Crippen molar-refractivity contribution in [1.82, 2.24) is 0 Å². The van der Waals surface area contributed by atoms with Crippen LogP contribution >= 0.6 is 0 Å². The zero-order valence-electron chi connectivity index (χ0n) is 12.1. The smallest absolute Gasteiger partial charge is 0.329 e. The molecule has 1 aromatic rings. The standard InChI is InChI=1S/C15H20N2O4/c1-11-7-6-8-12(13(11)17(20)21)16-15(14(18)19)9-4-2-3-5-10-15/h6-8,16H,2-5,9-10H2,1H3,(H,18,19). The van der Waals surface area contributed by atoms with Crippen LogP contribution in [0.2, 0.25) is 0 Å². The van der Waals surface area contributed by atoms with Crippen molar-refractivity contribution in [2.45, 2.75) is 51.0 Å². The van der Waals surface area contributed by atoms with Crippen molar-refractivity contribution >= 4 is 17.3 Å². The van der Waals surface area contributed by atoms with Crippen LogP contribution in [0, 0.1) is 17.0 Å². The van der Waals surface area contributed by atoms with Crippen molar-refractivity contribution in [2.75, 3.05) is 5.32 Å². The summed E-state index contributed by atoms with van der Waals surface area (Å²) in [6.07, 6.45) is 4.64. The Morgan fingerprint density at radius 1 is 1.29 bits per heavy atom. The van der Waals surface area contributed by atoms with Gasteiger partial charge in [-0.15, -0.1) is 0 Å². The second-order valence-corrected chi connectivity index (χ2v) is 5.65. The Morgan fingerprint density at radius 3 is 2.43 bits per heavy atom. The van der Waals surface area contributed by atoms with E-state index in [2.05, 4.69) is 5.32 Å². The lowest BCUT2D eigenvalue weighted by molar-refractivity contribution is -0.384. The van der Waals surface area contributed by atoms with Gasteiger partial charge in [0.05, 0.1) is 4.92 Å². The minimum atomic E-state index is -1.10. The van der Waals surface area contributed by atoms with Gasteiger partial charge in [0.1, 0.15) is 11.2 Å². The van der Waals surface area contributed by atoms with Gasteiger partial charge in [-0.05, 0) is 25.8 Å². The molecule has 2 rings (SSSR count). The quantitative estimate of drug-likeness (QED) is 0.503. The average molecular weight is 292 g/mol. The summed E-state index contributed by atoms with van der Waals surface area (Å²) >= 11 is 0. The molecule has 0 amide bonds. The van der Waals surface area contributed by atoms with Gasteiger partial charge in [0.15, 0.2) is 0 Å². The minimum Gasteiger partial charge on any atom is -0.480 e. The van der Waals surface area contributed by atoms with Gasteiger partial charge in [0.2, 0.25) is 0 Å². The van der Waals surface area contributed by atoms with E-state index in [1.807, 2.05) is 0 Å². The minimum absolute atomic E-state index is 0.0395. The van der Waals surface area contributed by atoms with Crippen molar-refractivity contribution in [3.63, 3.8) is 0 Å². The number of nitro benzene ring substituents is 1. The molecule has 0 atom stereocenters. The Morgan fingerprint density at radius 2 is 1.90 bits per heavy atom. The number of aryl methyl sites for hydroxylation is 1. The second-order valence-electron chi connectivity index (χ2n) is 5.65. The van der Waals surface area contributed by atoms with E-state index in [1.165, 1.54) is 0 Å². The Bertz CT molecular complexity index is 549. The van der Waals surface area contributed by atoms with Gasteiger partial charge in [-0.2, -0.15) is 0 Å². The largest absolute Gasteiger partial charge is 0.480 e. The van der Waals surface area contributed by atoms with E-state index >= 15 is 0 Å². The van der Waals surface area contributed by atoms with E-state index in [4.69, 9.17) is 0 Å².